The minimum Gasteiger partial charge on any atom is -0.381 e. The standard InChI is InChI=1S/C11H20N2O2.ClH/c1-9-7-13(4-3-12-9)11(14)6-10-2-5-15-8-10;/h9-10,12H,2-8H2,1H3;1H. The molecule has 0 aromatic rings. The third kappa shape index (κ3) is 3.61. The number of carbonyl (C=O) groups excluding carboxylic acids is 1. The summed E-state index contributed by atoms with van der Waals surface area (Å²) in [6.07, 6.45) is 1.72. The molecule has 2 atom stereocenters. The Morgan fingerprint density at radius 1 is 1.56 bits per heavy atom. The normalized spacial score (nSPS) is 29.9. The summed E-state index contributed by atoms with van der Waals surface area (Å²) >= 11 is 0. The van der Waals surface area contributed by atoms with Gasteiger partial charge in [-0.3, -0.25) is 4.79 Å². The fraction of sp³-hybridized carbons (Fsp3) is 0.909. The average Bonchev–Trinajstić information content (AvgIpc) is 2.70. The number of nitrogens with one attached hydrogen (secondary N) is 1. The van der Waals surface area contributed by atoms with Crippen LogP contribution in [0, 0.1) is 5.92 Å². The first-order valence-corrected chi connectivity index (χ1v) is 5.84. The van der Waals surface area contributed by atoms with Crippen molar-refractivity contribution < 1.29 is 9.53 Å². The highest BCUT2D eigenvalue weighted by atomic mass is 35.5. The summed E-state index contributed by atoms with van der Waals surface area (Å²) in [5, 5.41) is 3.34. The molecular weight excluding hydrogens is 228 g/mol. The lowest BCUT2D eigenvalue weighted by atomic mass is 10.0. The van der Waals surface area contributed by atoms with Crippen molar-refractivity contribution >= 4 is 18.3 Å². The van der Waals surface area contributed by atoms with E-state index in [0.717, 1.165) is 39.3 Å². The van der Waals surface area contributed by atoms with E-state index in [0.29, 0.717) is 24.3 Å². The fourth-order valence-electron chi connectivity index (χ4n) is 2.28. The molecule has 4 nitrogen and oxygen atoms in total. The largest absolute Gasteiger partial charge is 0.381 e. The van der Waals surface area contributed by atoms with Gasteiger partial charge in [0.2, 0.25) is 5.91 Å². The molecule has 2 heterocycles. The Kier molecular flexibility index (Phi) is 5.52. The third-order valence-electron chi connectivity index (χ3n) is 3.21. The minimum absolute atomic E-state index is 0. The van der Waals surface area contributed by atoms with E-state index >= 15 is 0 Å². The molecule has 16 heavy (non-hydrogen) atoms. The van der Waals surface area contributed by atoms with Gasteiger partial charge in [-0.1, -0.05) is 0 Å². The highest BCUT2D eigenvalue weighted by Crippen LogP contribution is 2.17. The first kappa shape index (κ1) is 13.7. The van der Waals surface area contributed by atoms with Crippen molar-refractivity contribution in [3.8, 4) is 0 Å². The Morgan fingerprint density at radius 3 is 3.00 bits per heavy atom. The van der Waals surface area contributed by atoms with Gasteiger partial charge >= 0.3 is 0 Å². The number of rotatable bonds is 2. The van der Waals surface area contributed by atoms with Gasteiger partial charge in [0.15, 0.2) is 0 Å². The molecule has 2 saturated heterocycles. The second-order valence-electron chi connectivity index (χ2n) is 4.63. The van der Waals surface area contributed by atoms with E-state index in [-0.39, 0.29) is 12.4 Å². The summed E-state index contributed by atoms with van der Waals surface area (Å²) in [5.41, 5.74) is 0. The molecule has 2 aliphatic heterocycles. The van der Waals surface area contributed by atoms with Crippen LogP contribution in [-0.2, 0) is 9.53 Å². The number of hydrogen-bond donors (Lipinski definition) is 1. The van der Waals surface area contributed by atoms with Crippen LogP contribution in [0.25, 0.3) is 0 Å². The topological polar surface area (TPSA) is 41.6 Å². The SMILES string of the molecule is CC1CN(C(=O)CC2CCOC2)CCN1.Cl. The van der Waals surface area contributed by atoms with Crippen LogP contribution in [0.4, 0.5) is 0 Å². The van der Waals surface area contributed by atoms with E-state index in [9.17, 15) is 4.79 Å². The number of amides is 1. The van der Waals surface area contributed by atoms with Crippen LogP contribution in [-0.4, -0.2) is 49.7 Å². The smallest absolute Gasteiger partial charge is 0.223 e. The van der Waals surface area contributed by atoms with E-state index in [1.165, 1.54) is 0 Å². The lowest BCUT2D eigenvalue weighted by Crippen LogP contribution is -2.51. The quantitative estimate of drug-likeness (QED) is 0.781. The monoisotopic (exact) mass is 248 g/mol. The Hall–Kier alpha value is -0.320. The molecule has 2 rings (SSSR count). The van der Waals surface area contributed by atoms with Gasteiger partial charge in [-0.05, 0) is 19.3 Å². The van der Waals surface area contributed by atoms with E-state index < -0.39 is 0 Å². The average molecular weight is 249 g/mol. The molecule has 0 radical (unpaired) electrons. The number of carbonyl (C=O) groups is 1. The summed E-state index contributed by atoms with van der Waals surface area (Å²) in [5.74, 6) is 0.765. The summed E-state index contributed by atoms with van der Waals surface area (Å²) in [6, 6.07) is 0.433. The molecular formula is C11H21ClN2O2. The van der Waals surface area contributed by atoms with Gasteiger partial charge in [-0.15, -0.1) is 12.4 Å². The number of nitrogens with zero attached hydrogens (tertiary/aromatic N) is 1. The predicted octanol–water partition coefficient (Wildman–Crippen LogP) is 0.655. The van der Waals surface area contributed by atoms with Gasteiger partial charge < -0.3 is 15.0 Å². The second kappa shape index (κ2) is 6.42. The molecule has 1 N–H and O–H groups in total. The van der Waals surface area contributed by atoms with E-state index in [2.05, 4.69) is 12.2 Å². The summed E-state index contributed by atoms with van der Waals surface area (Å²) in [6.45, 7) is 6.36. The molecule has 0 aromatic carbocycles. The van der Waals surface area contributed by atoms with Crippen molar-refractivity contribution in [2.75, 3.05) is 32.8 Å². The van der Waals surface area contributed by atoms with Crippen LogP contribution in [0.15, 0.2) is 0 Å². The van der Waals surface area contributed by atoms with E-state index in [1.54, 1.807) is 0 Å². The zero-order valence-corrected chi connectivity index (χ0v) is 10.6. The maximum absolute atomic E-state index is 11.9. The Balaban J connectivity index is 0.00000128. The van der Waals surface area contributed by atoms with Crippen LogP contribution in [0.2, 0.25) is 0 Å². The van der Waals surface area contributed by atoms with Gasteiger partial charge in [0, 0.05) is 45.3 Å². The lowest BCUT2D eigenvalue weighted by molar-refractivity contribution is -0.133. The minimum atomic E-state index is 0. The lowest BCUT2D eigenvalue weighted by Gasteiger charge is -2.32. The van der Waals surface area contributed by atoms with Crippen LogP contribution in [0.3, 0.4) is 0 Å². The van der Waals surface area contributed by atoms with Gasteiger partial charge in [0.25, 0.3) is 0 Å². The van der Waals surface area contributed by atoms with Crippen LogP contribution >= 0.6 is 12.4 Å². The summed E-state index contributed by atoms with van der Waals surface area (Å²) in [7, 11) is 0. The molecule has 94 valence electrons. The second-order valence-corrected chi connectivity index (χ2v) is 4.63. The number of hydrogen-bond acceptors (Lipinski definition) is 3. The molecule has 5 heteroatoms. The molecule has 0 aromatic heterocycles. The zero-order valence-electron chi connectivity index (χ0n) is 9.78. The summed E-state index contributed by atoms with van der Waals surface area (Å²) < 4.78 is 5.28. The maximum Gasteiger partial charge on any atom is 0.223 e. The van der Waals surface area contributed by atoms with Crippen molar-refractivity contribution in [2.24, 2.45) is 5.92 Å². The van der Waals surface area contributed by atoms with Gasteiger partial charge in [0.05, 0.1) is 0 Å². The highest BCUT2D eigenvalue weighted by Gasteiger charge is 2.25. The highest BCUT2D eigenvalue weighted by molar-refractivity contribution is 5.85. The molecule has 1 amide bonds. The molecule has 0 saturated carbocycles. The summed E-state index contributed by atoms with van der Waals surface area (Å²) in [4.78, 5) is 13.9. The van der Waals surface area contributed by atoms with Crippen molar-refractivity contribution in [3.05, 3.63) is 0 Å². The fourth-order valence-corrected chi connectivity index (χ4v) is 2.28. The maximum atomic E-state index is 11.9. The molecule has 0 spiro atoms. The van der Waals surface area contributed by atoms with Crippen molar-refractivity contribution in [2.45, 2.75) is 25.8 Å². The molecule has 2 unspecified atom stereocenters. The van der Waals surface area contributed by atoms with E-state index in [1.807, 2.05) is 4.90 Å². The van der Waals surface area contributed by atoms with Crippen molar-refractivity contribution in [1.29, 1.82) is 0 Å². The van der Waals surface area contributed by atoms with Gasteiger partial charge in [-0.25, -0.2) is 0 Å². The van der Waals surface area contributed by atoms with Gasteiger partial charge in [-0.2, -0.15) is 0 Å². The Morgan fingerprint density at radius 2 is 2.38 bits per heavy atom. The van der Waals surface area contributed by atoms with Gasteiger partial charge in [0.1, 0.15) is 0 Å². The van der Waals surface area contributed by atoms with Crippen molar-refractivity contribution in [1.82, 2.24) is 10.2 Å². The molecule has 2 fully saturated rings. The van der Waals surface area contributed by atoms with Crippen LogP contribution in [0.5, 0.6) is 0 Å². The first-order valence-electron chi connectivity index (χ1n) is 5.84. The van der Waals surface area contributed by atoms with Crippen LogP contribution in [0.1, 0.15) is 19.8 Å². The molecule has 0 bridgehead atoms. The zero-order chi connectivity index (χ0) is 10.7. The molecule has 2 aliphatic rings. The van der Waals surface area contributed by atoms with E-state index in [4.69, 9.17) is 4.74 Å². The predicted molar refractivity (Wildman–Crippen MR) is 64.8 cm³/mol. The Labute approximate surface area is 103 Å². The van der Waals surface area contributed by atoms with Crippen molar-refractivity contribution in [3.63, 3.8) is 0 Å². The Bertz CT molecular complexity index is 232. The number of halogens is 1. The van der Waals surface area contributed by atoms with Crippen LogP contribution < -0.4 is 5.32 Å². The third-order valence-corrected chi connectivity index (χ3v) is 3.21. The molecule has 0 aliphatic carbocycles. The number of ether oxygens (including phenoxy) is 1. The first-order chi connectivity index (χ1) is 7.25. The number of piperazine rings is 1.